The first-order valence-electron chi connectivity index (χ1n) is 6.15. The van der Waals surface area contributed by atoms with Crippen LogP contribution in [0.25, 0.3) is 0 Å². The minimum atomic E-state index is -4.77. The topological polar surface area (TPSA) is 57.6 Å². The Hall–Kier alpha value is -2.19. The molecule has 0 aromatic heterocycles. The maximum absolute atomic E-state index is 13.1. The molecule has 22 heavy (non-hydrogen) atoms. The summed E-state index contributed by atoms with van der Waals surface area (Å²) in [5.41, 5.74) is -0.342. The summed E-state index contributed by atoms with van der Waals surface area (Å²) in [4.78, 5) is 23.6. The second-order valence-corrected chi connectivity index (χ2v) is 4.93. The molecule has 2 atom stereocenters. The highest BCUT2D eigenvalue weighted by molar-refractivity contribution is 5.94. The molecule has 0 aliphatic carbocycles. The molecule has 0 unspecified atom stereocenters. The SMILES string of the molecule is O=C(O)[C@@H]1CN(C(=O)c2ccc(F)c(F)c2)C[C@H]1C(F)(F)F. The van der Waals surface area contributed by atoms with Crippen molar-refractivity contribution in [3.05, 3.63) is 35.4 Å². The third-order valence-corrected chi connectivity index (χ3v) is 3.51. The Bertz CT molecular complexity index is 616. The van der Waals surface area contributed by atoms with Gasteiger partial charge in [-0.1, -0.05) is 0 Å². The van der Waals surface area contributed by atoms with E-state index in [0.29, 0.717) is 17.0 Å². The maximum Gasteiger partial charge on any atom is 0.394 e. The van der Waals surface area contributed by atoms with E-state index < -0.39 is 54.6 Å². The first-order chi connectivity index (χ1) is 10.1. The monoisotopic (exact) mass is 323 g/mol. The summed E-state index contributed by atoms with van der Waals surface area (Å²) >= 11 is 0. The normalized spacial score (nSPS) is 22.0. The zero-order valence-corrected chi connectivity index (χ0v) is 10.9. The van der Waals surface area contributed by atoms with Gasteiger partial charge in [-0.15, -0.1) is 0 Å². The van der Waals surface area contributed by atoms with Crippen molar-refractivity contribution >= 4 is 11.9 Å². The van der Waals surface area contributed by atoms with Gasteiger partial charge in [-0.3, -0.25) is 9.59 Å². The largest absolute Gasteiger partial charge is 0.481 e. The van der Waals surface area contributed by atoms with Gasteiger partial charge in [-0.25, -0.2) is 8.78 Å². The standard InChI is InChI=1S/C13H10F5NO3/c14-9-2-1-6(3-10(9)15)11(20)19-4-7(12(21)22)8(5-19)13(16,17)18/h1-3,7-8H,4-5H2,(H,21,22)/t7-,8-/m1/s1. The summed E-state index contributed by atoms with van der Waals surface area (Å²) in [6, 6.07) is 2.17. The van der Waals surface area contributed by atoms with Crippen LogP contribution in [0.15, 0.2) is 18.2 Å². The van der Waals surface area contributed by atoms with Crippen molar-refractivity contribution in [2.24, 2.45) is 11.8 Å². The van der Waals surface area contributed by atoms with E-state index >= 15 is 0 Å². The number of carbonyl (C=O) groups is 2. The van der Waals surface area contributed by atoms with Crippen molar-refractivity contribution in [3.63, 3.8) is 0 Å². The van der Waals surface area contributed by atoms with Gasteiger partial charge < -0.3 is 10.0 Å². The fraction of sp³-hybridized carbons (Fsp3) is 0.385. The van der Waals surface area contributed by atoms with Crippen LogP contribution in [0.5, 0.6) is 0 Å². The lowest BCUT2D eigenvalue weighted by Crippen LogP contribution is -2.34. The van der Waals surface area contributed by atoms with E-state index in [-0.39, 0.29) is 5.56 Å². The number of rotatable bonds is 2. The fourth-order valence-corrected chi connectivity index (χ4v) is 2.36. The third-order valence-electron chi connectivity index (χ3n) is 3.51. The van der Waals surface area contributed by atoms with E-state index in [9.17, 15) is 31.5 Å². The Morgan fingerprint density at radius 1 is 1.14 bits per heavy atom. The molecule has 1 N–H and O–H groups in total. The van der Waals surface area contributed by atoms with Gasteiger partial charge in [-0.05, 0) is 18.2 Å². The molecular weight excluding hydrogens is 313 g/mol. The van der Waals surface area contributed by atoms with Crippen molar-refractivity contribution in [1.82, 2.24) is 4.90 Å². The van der Waals surface area contributed by atoms with E-state index in [1.165, 1.54) is 0 Å². The Kier molecular flexibility index (Phi) is 4.08. The average Bonchev–Trinajstić information content (AvgIpc) is 2.86. The van der Waals surface area contributed by atoms with Crippen LogP contribution in [-0.4, -0.2) is 41.1 Å². The predicted molar refractivity (Wildman–Crippen MR) is 62.9 cm³/mol. The highest BCUT2D eigenvalue weighted by Gasteiger charge is 2.53. The minimum Gasteiger partial charge on any atom is -0.481 e. The Morgan fingerprint density at radius 2 is 1.77 bits per heavy atom. The van der Waals surface area contributed by atoms with Gasteiger partial charge in [0.05, 0.1) is 11.8 Å². The number of nitrogens with zero attached hydrogens (tertiary/aromatic N) is 1. The van der Waals surface area contributed by atoms with Crippen molar-refractivity contribution in [2.75, 3.05) is 13.1 Å². The van der Waals surface area contributed by atoms with Crippen LogP contribution in [-0.2, 0) is 4.79 Å². The van der Waals surface area contributed by atoms with Crippen LogP contribution in [0, 0.1) is 23.5 Å². The van der Waals surface area contributed by atoms with Gasteiger partial charge in [0.15, 0.2) is 11.6 Å². The van der Waals surface area contributed by atoms with Crippen LogP contribution in [0.4, 0.5) is 22.0 Å². The van der Waals surface area contributed by atoms with E-state index in [0.717, 1.165) is 6.07 Å². The molecule has 9 heteroatoms. The lowest BCUT2D eigenvalue weighted by molar-refractivity contribution is -0.187. The molecule has 1 heterocycles. The molecule has 4 nitrogen and oxygen atoms in total. The van der Waals surface area contributed by atoms with Crippen LogP contribution in [0.2, 0.25) is 0 Å². The van der Waals surface area contributed by atoms with Gasteiger partial charge in [0.25, 0.3) is 5.91 Å². The molecule has 1 amide bonds. The number of hydrogen-bond donors (Lipinski definition) is 1. The van der Waals surface area contributed by atoms with E-state index in [1.54, 1.807) is 0 Å². The van der Waals surface area contributed by atoms with E-state index in [1.807, 2.05) is 0 Å². The molecule has 120 valence electrons. The van der Waals surface area contributed by atoms with E-state index in [4.69, 9.17) is 5.11 Å². The third kappa shape index (κ3) is 3.02. The summed E-state index contributed by atoms with van der Waals surface area (Å²) in [5.74, 6) is -9.13. The minimum absolute atomic E-state index is 0.342. The lowest BCUT2D eigenvalue weighted by Gasteiger charge is -2.18. The summed E-state index contributed by atoms with van der Waals surface area (Å²) < 4.78 is 64.3. The molecule has 1 aliphatic rings. The number of carbonyl (C=O) groups excluding carboxylic acids is 1. The second kappa shape index (κ2) is 5.54. The summed E-state index contributed by atoms with van der Waals surface area (Å²) in [6.45, 7) is -1.48. The second-order valence-electron chi connectivity index (χ2n) is 4.93. The van der Waals surface area contributed by atoms with Crippen LogP contribution in [0.3, 0.4) is 0 Å². The molecule has 1 aromatic carbocycles. The van der Waals surface area contributed by atoms with Gasteiger partial charge in [0.1, 0.15) is 0 Å². The van der Waals surface area contributed by atoms with Crippen molar-refractivity contribution < 1.29 is 36.6 Å². The Balaban J connectivity index is 2.24. The van der Waals surface area contributed by atoms with Crippen LogP contribution in [0.1, 0.15) is 10.4 Å². The lowest BCUT2D eigenvalue weighted by atomic mass is 9.96. The summed E-state index contributed by atoms with van der Waals surface area (Å²) in [6.07, 6.45) is -4.77. The molecule has 0 saturated carbocycles. The quantitative estimate of drug-likeness (QED) is 0.850. The Labute approximate surface area is 121 Å². The summed E-state index contributed by atoms with van der Waals surface area (Å²) in [5, 5.41) is 8.85. The number of carboxylic acids is 1. The van der Waals surface area contributed by atoms with Crippen LogP contribution >= 0.6 is 0 Å². The molecule has 2 rings (SSSR count). The zero-order chi connectivity index (χ0) is 16.7. The molecule has 1 fully saturated rings. The first kappa shape index (κ1) is 16.2. The maximum atomic E-state index is 13.1. The predicted octanol–water partition coefficient (Wildman–Crippen LogP) is 2.30. The van der Waals surface area contributed by atoms with Gasteiger partial charge in [0, 0.05) is 18.7 Å². The molecule has 0 radical (unpaired) electrons. The van der Waals surface area contributed by atoms with Gasteiger partial charge in [0.2, 0.25) is 0 Å². The molecule has 0 spiro atoms. The number of carboxylic acid groups (broad SMARTS) is 1. The zero-order valence-electron chi connectivity index (χ0n) is 10.9. The molecule has 1 saturated heterocycles. The number of aliphatic carboxylic acids is 1. The molecule has 0 bridgehead atoms. The number of benzene rings is 1. The fourth-order valence-electron chi connectivity index (χ4n) is 2.36. The molecule has 1 aromatic rings. The van der Waals surface area contributed by atoms with E-state index in [2.05, 4.69) is 0 Å². The van der Waals surface area contributed by atoms with Crippen molar-refractivity contribution in [2.45, 2.75) is 6.18 Å². The smallest absolute Gasteiger partial charge is 0.394 e. The number of likely N-dealkylation sites (tertiary alicyclic amines) is 1. The number of alkyl halides is 3. The molecule has 1 aliphatic heterocycles. The van der Waals surface area contributed by atoms with Gasteiger partial charge >= 0.3 is 12.1 Å². The Morgan fingerprint density at radius 3 is 2.23 bits per heavy atom. The highest BCUT2D eigenvalue weighted by Crippen LogP contribution is 2.38. The average molecular weight is 323 g/mol. The van der Waals surface area contributed by atoms with Crippen molar-refractivity contribution in [1.29, 1.82) is 0 Å². The van der Waals surface area contributed by atoms with Gasteiger partial charge in [-0.2, -0.15) is 13.2 Å². The van der Waals surface area contributed by atoms with Crippen molar-refractivity contribution in [3.8, 4) is 0 Å². The molecular formula is C13H10F5NO3. The highest BCUT2D eigenvalue weighted by atomic mass is 19.4. The number of amides is 1. The summed E-state index contributed by atoms with van der Waals surface area (Å²) in [7, 11) is 0. The van der Waals surface area contributed by atoms with Crippen LogP contribution < -0.4 is 0 Å². The first-order valence-corrected chi connectivity index (χ1v) is 6.15. The number of halogens is 5. The number of hydrogen-bond acceptors (Lipinski definition) is 2.